The summed E-state index contributed by atoms with van der Waals surface area (Å²) in [7, 11) is 0. The van der Waals surface area contributed by atoms with Crippen molar-refractivity contribution in [3.63, 3.8) is 0 Å². The van der Waals surface area contributed by atoms with Crippen LogP contribution in [0.4, 0.5) is 0 Å². The molecule has 0 aliphatic heterocycles. The summed E-state index contributed by atoms with van der Waals surface area (Å²) >= 11 is 0. The van der Waals surface area contributed by atoms with E-state index in [0.29, 0.717) is 0 Å². The topological polar surface area (TPSA) is 20.2 Å². The summed E-state index contributed by atoms with van der Waals surface area (Å²) in [6.07, 6.45) is 5.47. The molecule has 0 radical (unpaired) electrons. The predicted molar refractivity (Wildman–Crippen MR) is 113 cm³/mol. The van der Waals surface area contributed by atoms with Gasteiger partial charge < -0.3 is 5.11 Å². The number of aliphatic hydroxyl groups excluding tert-OH is 1. The molecular formula is C25H32O. The third-order valence-corrected chi connectivity index (χ3v) is 6.07. The number of benzene rings is 2. The lowest BCUT2D eigenvalue weighted by molar-refractivity contribution is 0.299. The Morgan fingerprint density at radius 2 is 1.54 bits per heavy atom. The van der Waals surface area contributed by atoms with Gasteiger partial charge in [-0.05, 0) is 70.4 Å². The van der Waals surface area contributed by atoms with E-state index in [1.165, 1.54) is 46.2 Å². The van der Waals surface area contributed by atoms with E-state index in [2.05, 4.69) is 83.2 Å². The van der Waals surface area contributed by atoms with Gasteiger partial charge in [0.2, 0.25) is 0 Å². The maximum absolute atomic E-state index is 9.05. The van der Waals surface area contributed by atoms with Gasteiger partial charge in [-0.25, -0.2) is 0 Å². The van der Waals surface area contributed by atoms with Crippen molar-refractivity contribution in [2.24, 2.45) is 0 Å². The van der Waals surface area contributed by atoms with Crippen LogP contribution in [0.2, 0.25) is 0 Å². The van der Waals surface area contributed by atoms with Gasteiger partial charge in [0.1, 0.15) is 0 Å². The van der Waals surface area contributed by atoms with Gasteiger partial charge in [0.15, 0.2) is 0 Å². The summed E-state index contributed by atoms with van der Waals surface area (Å²) in [5, 5.41) is 9.05. The summed E-state index contributed by atoms with van der Waals surface area (Å²) in [6.45, 7) is 11.9. The lowest BCUT2D eigenvalue weighted by Gasteiger charge is -2.42. The van der Waals surface area contributed by atoms with E-state index < -0.39 is 0 Å². The second-order valence-corrected chi connectivity index (χ2v) is 9.07. The summed E-state index contributed by atoms with van der Waals surface area (Å²) < 4.78 is 0. The van der Waals surface area contributed by atoms with Gasteiger partial charge >= 0.3 is 0 Å². The predicted octanol–water partition coefficient (Wildman–Crippen LogP) is 6.13. The highest BCUT2D eigenvalue weighted by Crippen LogP contribution is 2.46. The molecule has 1 aliphatic carbocycles. The highest BCUT2D eigenvalue weighted by atomic mass is 16.2. The third kappa shape index (κ3) is 3.78. The van der Waals surface area contributed by atoms with Crippen LogP contribution in [-0.2, 0) is 17.3 Å². The average Bonchev–Trinajstić information content (AvgIpc) is 2.61. The first-order valence-electron chi connectivity index (χ1n) is 9.76. The zero-order valence-electron chi connectivity index (χ0n) is 16.9. The molecule has 2 aromatic rings. The molecule has 138 valence electrons. The second kappa shape index (κ2) is 7.04. The Morgan fingerprint density at radius 3 is 2.15 bits per heavy atom. The molecule has 1 aliphatic rings. The smallest absolute Gasteiger partial charge is 0.0471 e. The molecule has 0 heterocycles. The monoisotopic (exact) mass is 348 g/mol. The number of hydrogen-bond donors (Lipinski definition) is 1. The van der Waals surface area contributed by atoms with Gasteiger partial charge in [-0.1, -0.05) is 76.2 Å². The largest absolute Gasteiger partial charge is 0.396 e. The highest BCUT2D eigenvalue weighted by molar-refractivity contribution is 5.80. The van der Waals surface area contributed by atoms with Crippen molar-refractivity contribution in [1.29, 1.82) is 0 Å². The van der Waals surface area contributed by atoms with Gasteiger partial charge in [0.05, 0.1) is 0 Å². The van der Waals surface area contributed by atoms with Crippen molar-refractivity contribution in [1.82, 2.24) is 0 Å². The van der Waals surface area contributed by atoms with Gasteiger partial charge in [0.25, 0.3) is 0 Å². The number of fused-ring (bicyclic) bond motifs is 1. The van der Waals surface area contributed by atoms with Crippen LogP contribution in [-0.4, -0.2) is 11.7 Å². The van der Waals surface area contributed by atoms with Crippen LogP contribution < -0.4 is 0 Å². The van der Waals surface area contributed by atoms with Crippen LogP contribution in [0.15, 0.2) is 42.5 Å². The van der Waals surface area contributed by atoms with Crippen molar-refractivity contribution >= 4 is 11.6 Å². The zero-order valence-corrected chi connectivity index (χ0v) is 16.9. The molecular weight excluding hydrogens is 316 g/mol. The van der Waals surface area contributed by atoms with E-state index in [0.717, 1.165) is 6.42 Å². The van der Waals surface area contributed by atoms with E-state index in [1.54, 1.807) is 0 Å². The Kier molecular flexibility index (Phi) is 5.12. The van der Waals surface area contributed by atoms with Gasteiger partial charge in [0, 0.05) is 6.61 Å². The zero-order chi connectivity index (χ0) is 18.9. The van der Waals surface area contributed by atoms with Crippen molar-refractivity contribution < 1.29 is 5.11 Å². The lowest BCUT2D eigenvalue weighted by atomic mass is 9.63. The molecule has 1 N–H and O–H groups in total. The Morgan fingerprint density at radius 1 is 0.923 bits per heavy atom. The van der Waals surface area contributed by atoms with Gasteiger partial charge in [-0.3, -0.25) is 0 Å². The van der Waals surface area contributed by atoms with Crippen molar-refractivity contribution in [3.05, 3.63) is 70.3 Å². The summed E-state index contributed by atoms with van der Waals surface area (Å²) in [5.74, 6) is 0. The number of rotatable bonds is 4. The van der Waals surface area contributed by atoms with Crippen molar-refractivity contribution in [3.8, 4) is 0 Å². The molecule has 0 spiro atoms. The molecule has 2 aromatic carbocycles. The van der Waals surface area contributed by atoms with E-state index in [-0.39, 0.29) is 17.4 Å². The molecule has 0 amide bonds. The first-order valence-corrected chi connectivity index (χ1v) is 9.76. The fourth-order valence-corrected chi connectivity index (χ4v) is 4.08. The molecule has 0 unspecified atom stereocenters. The fraction of sp³-hybridized carbons (Fsp3) is 0.440. The highest BCUT2D eigenvalue weighted by Gasteiger charge is 2.36. The average molecular weight is 349 g/mol. The van der Waals surface area contributed by atoms with E-state index in [9.17, 15) is 0 Å². The van der Waals surface area contributed by atoms with E-state index >= 15 is 0 Å². The van der Waals surface area contributed by atoms with Crippen LogP contribution in [0.1, 0.15) is 75.3 Å². The van der Waals surface area contributed by atoms with Crippen molar-refractivity contribution in [2.75, 3.05) is 6.61 Å². The summed E-state index contributed by atoms with van der Waals surface area (Å²) in [6, 6.07) is 15.5. The molecule has 0 saturated heterocycles. The molecule has 26 heavy (non-hydrogen) atoms. The van der Waals surface area contributed by atoms with Gasteiger partial charge in [-0.15, -0.1) is 0 Å². The first-order chi connectivity index (χ1) is 12.2. The van der Waals surface area contributed by atoms with Crippen LogP contribution in [0.25, 0.3) is 11.6 Å². The van der Waals surface area contributed by atoms with Crippen LogP contribution in [0.3, 0.4) is 0 Å². The molecule has 1 nitrogen and oxygen atoms in total. The molecule has 0 aromatic heterocycles. The SMILES string of the molecule is CC(=Cc1ccc(CCO)cc1)c1ccc2c(c1)C(C)(C)CCC2(C)C. The Balaban J connectivity index is 1.94. The molecule has 1 heteroatoms. The Hall–Kier alpha value is -1.86. The maximum Gasteiger partial charge on any atom is 0.0471 e. The second-order valence-electron chi connectivity index (χ2n) is 9.07. The summed E-state index contributed by atoms with van der Waals surface area (Å²) in [4.78, 5) is 0. The Labute approximate surface area is 158 Å². The lowest BCUT2D eigenvalue weighted by Crippen LogP contribution is -2.33. The molecule has 0 fully saturated rings. The van der Waals surface area contributed by atoms with Crippen LogP contribution in [0, 0.1) is 0 Å². The normalized spacial score (nSPS) is 18.5. The van der Waals surface area contributed by atoms with Crippen LogP contribution in [0.5, 0.6) is 0 Å². The minimum absolute atomic E-state index is 0.204. The Bertz CT molecular complexity index is 807. The minimum Gasteiger partial charge on any atom is -0.396 e. The summed E-state index contributed by atoms with van der Waals surface area (Å²) in [5.41, 5.74) is 8.53. The minimum atomic E-state index is 0.204. The number of hydrogen-bond acceptors (Lipinski definition) is 1. The number of allylic oxidation sites excluding steroid dienone is 1. The third-order valence-electron chi connectivity index (χ3n) is 6.07. The van der Waals surface area contributed by atoms with Crippen molar-refractivity contribution in [2.45, 2.75) is 64.7 Å². The molecule has 0 atom stereocenters. The molecule has 0 saturated carbocycles. The standard InChI is InChI=1S/C25H32O/c1-18(16-20-8-6-19(7-9-20)12-15-26)21-10-11-22-23(17-21)25(4,5)14-13-24(22,2)3/h6-11,16-17,26H,12-15H2,1-5H3. The van der Waals surface area contributed by atoms with E-state index in [4.69, 9.17) is 5.11 Å². The molecule has 3 rings (SSSR count). The van der Waals surface area contributed by atoms with Crippen LogP contribution >= 0.6 is 0 Å². The fourth-order valence-electron chi connectivity index (χ4n) is 4.08. The number of aliphatic hydroxyl groups is 1. The van der Waals surface area contributed by atoms with Gasteiger partial charge in [-0.2, -0.15) is 0 Å². The first kappa shape index (κ1) is 18.9. The molecule has 0 bridgehead atoms. The van der Waals surface area contributed by atoms with E-state index in [1.807, 2.05) is 0 Å². The maximum atomic E-state index is 9.05. The quantitative estimate of drug-likeness (QED) is 0.659.